The van der Waals surface area contributed by atoms with E-state index in [0.717, 1.165) is 51.1 Å². The number of hydrogen-bond acceptors (Lipinski definition) is 3. The molecule has 1 fully saturated rings. The standard InChI is InChI=1S/C20H34N4O/c1-5-17-9-7-10-18(6-2)19(17)23-20(21)22-11-8-12-24-13-15(3)25-16(4)14-24/h7,9-10,15-16H,5-6,8,11-14H2,1-4H3,(H3,21,22,23). The van der Waals surface area contributed by atoms with E-state index in [1.165, 1.54) is 11.1 Å². The summed E-state index contributed by atoms with van der Waals surface area (Å²) < 4.78 is 5.77. The van der Waals surface area contributed by atoms with Gasteiger partial charge in [-0.1, -0.05) is 32.0 Å². The molecular formula is C20H34N4O. The topological polar surface area (TPSA) is 62.9 Å². The number of ether oxygens (including phenoxy) is 1. The van der Waals surface area contributed by atoms with Gasteiger partial charge in [-0.3, -0.25) is 9.89 Å². The molecule has 140 valence electrons. The molecule has 1 aromatic rings. The lowest BCUT2D eigenvalue weighted by Gasteiger charge is -2.35. The van der Waals surface area contributed by atoms with Crippen molar-refractivity contribution in [2.45, 2.75) is 59.2 Å². The molecule has 5 nitrogen and oxygen atoms in total. The Kier molecular flexibility index (Phi) is 7.72. The van der Waals surface area contributed by atoms with E-state index in [4.69, 9.17) is 10.5 Å². The number of anilines is 1. The van der Waals surface area contributed by atoms with E-state index >= 15 is 0 Å². The Morgan fingerprint density at radius 1 is 1.20 bits per heavy atom. The van der Waals surface area contributed by atoms with E-state index in [2.05, 4.69) is 61.1 Å². The first-order chi connectivity index (χ1) is 12.0. The fourth-order valence-corrected chi connectivity index (χ4v) is 3.53. The van der Waals surface area contributed by atoms with Crippen LogP contribution in [0.15, 0.2) is 23.2 Å². The van der Waals surface area contributed by atoms with Crippen molar-refractivity contribution in [3.8, 4) is 0 Å². The molecule has 1 heterocycles. The Labute approximate surface area is 152 Å². The summed E-state index contributed by atoms with van der Waals surface area (Å²) in [6, 6.07) is 6.41. The summed E-state index contributed by atoms with van der Waals surface area (Å²) >= 11 is 0. The predicted molar refractivity (Wildman–Crippen MR) is 106 cm³/mol. The van der Waals surface area contributed by atoms with Crippen molar-refractivity contribution in [2.24, 2.45) is 10.7 Å². The minimum Gasteiger partial charge on any atom is -0.373 e. The predicted octanol–water partition coefficient (Wildman–Crippen LogP) is 3.04. The maximum atomic E-state index is 6.12. The van der Waals surface area contributed by atoms with Crippen LogP contribution in [0.1, 0.15) is 45.2 Å². The van der Waals surface area contributed by atoms with Crippen molar-refractivity contribution in [2.75, 3.05) is 31.5 Å². The van der Waals surface area contributed by atoms with Crippen LogP contribution in [0.25, 0.3) is 0 Å². The molecule has 0 radical (unpaired) electrons. The normalized spacial score (nSPS) is 22.2. The van der Waals surface area contributed by atoms with Gasteiger partial charge in [-0.15, -0.1) is 0 Å². The van der Waals surface area contributed by atoms with Crippen molar-refractivity contribution in [3.05, 3.63) is 29.3 Å². The van der Waals surface area contributed by atoms with Gasteiger partial charge in [0.1, 0.15) is 0 Å². The van der Waals surface area contributed by atoms with Crippen molar-refractivity contribution in [1.29, 1.82) is 0 Å². The van der Waals surface area contributed by atoms with Gasteiger partial charge in [0.25, 0.3) is 0 Å². The Balaban J connectivity index is 1.84. The van der Waals surface area contributed by atoms with Crippen molar-refractivity contribution >= 4 is 11.6 Å². The molecule has 1 aromatic carbocycles. The van der Waals surface area contributed by atoms with Crippen molar-refractivity contribution < 1.29 is 4.74 Å². The van der Waals surface area contributed by atoms with Gasteiger partial charge in [0.15, 0.2) is 5.96 Å². The third kappa shape index (κ3) is 6.01. The molecule has 3 N–H and O–H groups in total. The van der Waals surface area contributed by atoms with E-state index in [1.807, 2.05) is 0 Å². The number of hydrogen-bond donors (Lipinski definition) is 2. The molecule has 0 saturated carbocycles. The molecule has 1 saturated heterocycles. The van der Waals surface area contributed by atoms with Gasteiger partial charge in [-0.25, -0.2) is 0 Å². The van der Waals surface area contributed by atoms with Gasteiger partial charge in [0, 0.05) is 31.9 Å². The quantitative estimate of drug-likeness (QED) is 0.452. The molecule has 0 aromatic heterocycles. The van der Waals surface area contributed by atoms with Crippen LogP contribution < -0.4 is 11.1 Å². The summed E-state index contributed by atoms with van der Waals surface area (Å²) in [7, 11) is 0. The summed E-state index contributed by atoms with van der Waals surface area (Å²) in [5.41, 5.74) is 9.82. The fraction of sp³-hybridized carbons (Fsp3) is 0.650. The number of benzene rings is 1. The van der Waals surface area contributed by atoms with E-state index < -0.39 is 0 Å². The van der Waals surface area contributed by atoms with E-state index in [9.17, 15) is 0 Å². The highest BCUT2D eigenvalue weighted by atomic mass is 16.5. The van der Waals surface area contributed by atoms with E-state index in [0.29, 0.717) is 18.2 Å². The zero-order valence-corrected chi connectivity index (χ0v) is 16.2. The number of para-hydroxylation sites is 1. The molecule has 1 aliphatic rings. The van der Waals surface area contributed by atoms with Gasteiger partial charge < -0.3 is 15.8 Å². The third-order valence-electron chi connectivity index (χ3n) is 4.66. The number of rotatable bonds is 7. The minimum atomic E-state index is 0.317. The lowest BCUT2D eigenvalue weighted by molar-refractivity contribution is -0.0679. The monoisotopic (exact) mass is 346 g/mol. The zero-order chi connectivity index (χ0) is 18.2. The van der Waals surface area contributed by atoms with E-state index in [-0.39, 0.29) is 0 Å². The number of nitrogens with two attached hydrogens (primary N) is 1. The number of guanidine groups is 1. The van der Waals surface area contributed by atoms with Gasteiger partial charge in [0.05, 0.1) is 12.2 Å². The Hall–Kier alpha value is -1.59. The second-order valence-corrected chi connectivity index (χ2v) is 6.92. The Morgan fingerprint density at radius 2 is 1.80 bits per heavy atom. The van der Waals surface area contributed by atoms with Crippen LogP contribution in [0.2, 0.25) is 0 Å². The molecule has 5 heteroatoms. The molecular weight excluding hydrogens is 312 g/mol. The maximum Gasteiger partial charge on any atom is 0.193 e. The summed E-state index contributed by atoms with van der Waals surface area (Å²) in [6.07, 6.45) is 3.61. The first-order valence-electron chi connectivity index (χ1n) is 9.59. The fourth-order valence-electron chi connectivity index (χ4n) is 3.53. The molecule has 0 bridgehead atoms. The van der Waals surface area contributed by atoms with Crippen LogP contribution in [0.3, 0.4) is 0 Å². The summed E-state index contributed by atoms with van der Waals surface area (Å²) in [4.78, 5) is 6.98. The number of nitrogens with zero attached hydrogens (tertiary/aromatic N) is 2. The molecule has 1 aliphatic heterocycles. The largest absolute Gasteiger partial charge is 0.373 e. The van der Waals surface area contributed by atoms with Crippen LogP contribution in [0, 0.1) is 0 Å². The Morgan fingerprint density at radius 3 is 2.36 bits per heavy atom. The van der Waals surface area contributed by atoms with Gasteiger partial charge >= 0.3 is 0 Å². The molecule has 2 atom stereocenters. The smallest absolute Gasteiger partial charge is 0.193 e. The Bertz CT molecular complexity index is 541. The average molecular weight is 347 g/mol. The van der Waals surface area contributed by atoms with Gasteiger partial charge in [-0.05, 0) is 44.2 Å². The van der Waals surface area contributed by atoms with Crippen LogP contribution in [0.5, 0.6) is 0 Å². The summed E-state index contributed by atoms with van der Waals surface area (Å²) in [5.74, 6) is 0.513. The number of morpholine rings is 1. The molecule has 2 rings (SSSR count). The zero-order valence-electron chi connectivity index (χ0n) is 16.2. The molecule has 0 spiro atoms. The second kappa shape index (κ2) is 9.78. The number of aryl methyl sites for hydroxylation is 2. The highest BCUT2D eigenvalue weighted by Gasteiger charge is 2.21. The first-order valence-corrected chi connectivity index (χ1v) is 9.59. The average Bonchev–Trinajstić information content (AvgIpc) is 2.58. The van der Waals surface area contributed by atoms with Crippen LogP contribution in [0.4, 0.5) is 5.69 Å². The van der Waals surface area contributed by atoms with Crippen molar-refractivity contribution in [3.63, 3.8) is 0 Å². The van der Waals surface area contributed by atoms with Gasteiger partial charge in [0.2, 0.25) is 0 Å². The third-order valence-corrected chi connectivity index (χ3v) is 4.66. The molecule has 0 amide bonds. The van der Waals surface area contributed by atoms with E-state index in [1.54, 1.807) is 0 Å². The SMILES string of the molecule is CCc1cccc(CC)c1NC(N)=NCCCN1CC(C)OC(C)C1. The van der Waals surface area contributed by atoms with Crippen LogP contribution in [-0.2, 0) is 17.6 Å². The highest BCUT2D eigenvalue weighted by molar-refractivity contribution is 5.93. The summed E-state index contributed by atoms with van der Waals surface area (Å²) in [5, 5.41) is 3.33. The maximum absolute atomic E-state index is 6.12. The molecule has 2 unspecified atom stereocenters. The molecule has 0 aliphatic carbocycles. The number of aliphatic imine (C=N–C) groups is 1. The van der Waals surface area contributed by atoms with Crippen LogP contribution >= 0.6 is 0 Å². The second-order valence-electron chi connectivity index (χ2n) is 6.92. The minimum absolute atomic E-state index is 0.317. The highest BCUT2D eigenvalue weighted by Crippen LogP contribution is 2.22. The van der Waals surface area contributed by atoms with Crippen LogP contribution in [-0.4, -0.2) is 49.2 Å². The first kappa shape index (κ1) is 19.7. The number of nitrogens with one attached hydrogen (secondary N) is 1. The van der Waals surface area contributed by atoms with Crippen molar-refractivity contribution in [1.82, 2.24) is 4.90 Å². The lowest BCUT2D eigenvalue weighted by Crippen LogP contribution is -2.45. The lowest BCUT2D eigenvalue weighted by atomic mass is 10.0. The summed E-state index contributed by atoms with van der Waals surface area (Å²) in [6.45, 7) is 12.4. The molecule has 25 heavy (non-hydrogen) atoms. The van der Waals surface area contributed by atoms with Gasteiger partial charge in [-0.2, -0.15) is 0 Å².